The summed E-state index contributed by atoms with van der Waals surface area (Å²) in [6.45, 7) is 0. The highest BCUT2D eigenvalue weighted by molar-refractivity contribution is 8.21. The highest BCUT2D eigenvalue weighted by Gasteiger charge is 2.80. The highest BCUT2D eigenvalue weighted by Crippen LogP contribution is 2.84. The fourth-order valence-corrected chi connectivity index (χ4v) is 15.9. The minimum absolute atomic E-state index is 0.697. The zero-order chi connectivity index (χ0) is 13.3. The lowest BCUT2D eigenvalue weighted by Crippen LogP contribution is -2.71. The average molecular weight is 355 g/mol. The second-order valence-electron chi connectivity index (χ2n) is 8.45. The SMILES string of the molecule is C1CSC2C(S1)C1C3CC4(SCCS4)C4C5CC(C1C35)C24. The Balaban J connectivity index is 1.42. The molecule has 2 aliphatic heterocycles. The molecule has 7 rings (SSSR count). The Morgan fingerprint density at radius 1 is 0.667 bits per heavy atom. The maximum Gasteiger partial charge on any atom is 0.0648 e. The van der Waals surface area contributed by atoms with Crippen molar-refractivity contribution < 1.29 is 0 Å². The molecule has 0 aromatic carbocycles. The van der Waals surface area contributed by atoms with Crippen LogP contribution in [-0.2, 0) is 0 Å². The van der Waals surface area contributed by atoms with Crippen molar-refractivity contribution in [1.29, 1.82) is 0 Å². The van der Waals surface area contributed by atoms with Crippen LogP contribution in [0.2, 0.25) is 0 Å². The summed E-state index contributed by atoms with van der Waals surface area (Å²) in [6, 6.07) is 0. The van der Waals surface area contributed by atoms with Crippen LogP contribution in [0.5, 0.6) is 0 Å². The maximum atomic E-state index is 2.42. The summed E-state index contributed by atoms with van der Waals surface area (Å²) in [5, 5.41) is 2.14. The van der Waals surface area contributed by atoms with Crippen LogP contribution in [-0.4, -0.2) is 37.6 Å². The summed E-state index contributed by atoms with van der Waals surface area (Å²) in [5.74, 6) is 15.1. The van der Waals surface area contributed by atoms with Crippen LogP contribution in [0.3, 0.4) is 0 Å². The molecule has 0 aromatic heterocycles. The fourth-order valence-electron chi connectivity index (χ4n) is 8.36. The molecule has 0 nitrogen and oxygen atoms in total. The van der Waals surface area contributed by atoms with Crippen molar-refractivity contribution in [2.75, 3.05) is 23.0 Å². The molecule has 21 heavy (non-hydrogen) atoms. The van der Waals surface area contributed by atoms with Crippen molar-refractivity contribution in [2.45, 2.75) is 27.4 Å². The van der Waals surface area contributed by atoms with Crippen molar-refractivity contribution in [2.24, 2.45) is 47.3 Å². The van der Waals surface area contributed by atoms with Crippen molar-refractivity contribution in [3.63, 3.8) is 0 Å². The van der Waals surface area contributed by atoms with Crippen molar-refractivity contribution in [3.05, 3.63) is 0 Å². The summed E-state index contributed by atoms with van der Waals surface area (Å²) in [4.78, 5) is 0. The van der Waals surface area contributed by atoms with Crippen LogP contribution >= 0.6 is 47.0 Å². The minimum Gasteiger partial charge on any atom is -0.156 e. The fraction of sp³-hybridized carbons (Fsp3) is 1.00. The molecular formula is C17H22S4. The second-order valence-corrected chi connectivity index (χ2v) is 14.1. The molecule has 5 saturated carbocycles. The maximum absolute atomic E-state index is 2.42. The smallest absolute Gasteiger partial charge is 0.0648 e. The second kappa shape index (κ2) is 3.96. The Morgan fingerprint density at radius 3 is 2.24 bits per heavy atom. The van der Waals surface area contributed by atoms with Crippen molar-refractivity contribution >= 4 is 47.0 Å². The first-order valence-corrected chi connectivity index (χ1v) is 13.0. The molecule has 114 valence electrons. The van der Waals surface area contributed by atoms with Gasteiger partial charge in [0, 0.05) is 33.5 Å². The predicted octanol–water partition coefficient (Wildman–Crippen LogP) is 4.16. The van der Waals surface area contributed by atoms with Crippen molar-refractivity contribution in [1.82, 2.24) is 0 Å². The van der Waals surface area contributed by atoms with Crippen LogP contribution in [0.25, 0.3) is 0 Å². The molecule has 2 bridgehead atoms. The van der Waals surface area contributed by atoms with E-state index in [0.717, 1.165) is 34.2 Å². The van der Waals surface area contributed by atoms with E-state index in [0.29, 0.717) is 4.08 Å². The molecular weight excluding hydrogens is 332 g/mol. The Bertz CT molecular complexity index is 513. The van der Waals surface area contributed by atoms with Crippen LogP contribution in [0, 0.1) is 47.3 Å². The standard InChI is InChI=1S/C17H22S4/c1-2-19-16-13-7-5-8-10-9(12(11(7)10)15(16)18-1)6-17(14(8)13)20-3-4-21-17/h7-16H,1-6H2. The first kappa shape index (κ1) is 12.7. The quantitative estimate of drug-likeness (QED) is 0.640. The number of thioether (sulfide) groups is 4. The van der Waals surface area contributed by atoms with Gasteiger partial charge in [-0.15, -0.1) is 23.5 Å². The summed E-state index contributed by atoms with van der Waals surface area (Å²) < 4.78 is 0.697. The summed E-state index contributed by atoms with van der Waals surface area (Å²) in [5.41, 5.74) is 0. The first-order valence-electron chi connectivity index (χ1n) is 8.90. The monoisotopic (exact) mass is 354 g/mol. The van der Waals surface area contributed by atoms with Gasteiger partial charge in [-0.2, -0.15) is 23.5 Å². The summed E-state index contributed by atoms with van der Waals surface area (Å²) in [6.07, 6.45) is 3.28. The number of hydrogen-bond donors (Lipinski definition) is 0. The van der Waals surface area contributed by atoms with Gasteiger partial charge in [-0.1, -0.05) is 0 Å². The molecule has 4 heteroatoms. The Hall–Kier alpha value is 1.40. The van der Waals surface area contributed by atoms with E-state index in [4.69, 9.17) is 0 Å². The lowest BCUT2D eigenvalue weighted by atomic mass is 9.39. The van der Waals surface area contributed by atoms with Gasteiger partial charge in [0.1, 0.15) is 0 Å². The molecule has 7 aliphatic rings. The van der Waals surface area contributed by atoms with Gasteiger partial charge in [0.05, 0.1) is 4.08 Å². The highest BCUT2D eigenvalue weighted by atomic mass is 32.2. The van der Waals surface area contributed by atoms with Crippen LogP contribution < -0.4 is 0 Å². The predicted molar refractivity (Wildman–Crippen MR) is 97.3 cm³/mol. The zero-order valence-corrected chi connectivity index (χ0v) is 15.4. The lowest BCUT2D eigenvalue weighted by molar-refractivity contribution is -0.163. The lowest BCUT2D eigenvalue weighted by Gasteiger charge is -2.72. The third kappa shape index (κ3) is 1.25. The number of rotatable bonds is 0. The number of hydrogen-bond acceptors (Lipinski definition) is 4. The molecule has 0 aromatic rings. The van der Waals surface area contributed by atoms with Crippen molar-refractivity contribution in [3.8, 4) is 0 Å². The van der Waals surface area contributed by atoms with E-state index in [9.17, 15) is 0 Å². The molecule has 10 unspecified atom stereocenters. The summed E-state index contributed by atoms with van der Waals surface area (Å²) >= 11 is 9.66. The third-order valence-electron chi connectivity index (χ3n) is 8.37. The van der Waals surface area contributed by atoms with Crippen LogP contribution in [0.4, 0.5) is 0 Å². The molecule has 2 heterocycles. The van der Waals surface area contributed by atoms with Gasteiger partial charge in [0.2, 0.25) is 0 Å². The van der Waals surface area contributed by atoms with Gasteiger partial charge in [-0.25, -0.2) is 0 Å². The van der Waals surface area contributed by atoms with Gasteiger partial charge in [-0.05, 0) is 60.2 Å². The molecule has 0 N–H and O–H groups in total. The molecule has 7 fully saturated rings. The van der Waals surface area contributed by atoms with Crippen LogP contribution in [0.15, 0.2) is 0 Å². The van der Waals surface area contributed by atoms with E-state index in [1.54, 1.807) is 12.8 Å². The number of fused-ring (bicyclic) bond motifs is 6. The van der Waals surface area contributed by atoms with E-state index in [-0.39, 0.29) is 0 Å². The van der Waals surface area contributed by atoms with E-state index in [1.165, 1.54) is 46.7 Å². The summed E-state index contributed by atoms with van der Waals surface area (Å²) in [7, 11) is 0. The van der Waals surface area contributed by atoms with Gasteiger partial charge >= 0.3 is 0 Å². The largest absolute Gasteiger partial charge is 0.156 e. The average Bonchev–Trinajstić information content (AvgIpc) is 3.16. The molecule has 2 saturated heterocycles. The van der Waals surface area contributed by atoms with Gasteiger partial charge in [0.15, 0.2) is 0 Å². The first-order chi connectivity index (χ1) is 10.4. The van der Waals surface area contributed by atoms with Gasteiger partial charge in [0.25, 0.3) is 0 Å². The van der Waals surface area contributed by atoms with E-state index >= 15 is 0 Å². The third-order valence-corrected chi connectivity index (χ3v) is 15.3. The van der Waals surface area contributed by atoms with Gasteiger partial charge < -0.3 is 0 Å². The molecule has 0 amide bonds. The Kier molecular flexibility index (Phi) is 2.40. The molecule has 0 radical (unpaired) electrons. The van der Waals surface area contributed by atoms with Crippen LogP contribution in [0.1, 0.15) is 12.8 Å². The topological polar surface area (TPSA) is 0 Å². The normalized spacial score (nSPS) is 67.4. The van der Waals surface area contributed by atoms with E-state index in [1.807, 2.05) is 0 Å². The van der Waals surface area contributed by atoms with Gasteiger partial charge in [-0.3, -0.25) is 0 Å². The molecule has 1 spiro atoms. The zero-order valence-electron chi connectivity index (χ0n) is 12.1. The Morgan fingerprint density at radius 2 is 1.43 bits per heavy atom. The van der Waals surface area contributed by atoms with E-state index < -0.39 is 0 Å². The minimum atomic E-state index is 0.697. The molecule has 5 aliphatic carbocycles. The molecule has 10 atom stereocenters. The van der Waals surface area contributed by atoms with E-state index in [2.05, 4.69) is 47.0 Å². The Labute approximate surface area is 144 Å².